The Labute approximate surface area is 76.8 Å². The van der Waals surface area contributed by atoms with E-state index in [2.05, 4.69) is 0 Å². The lowest BCUT2D eigenvalue weighted by atomic mass is 10.0. The molecule has 0 spiro atoms. The molecule has 13 heavy (non-hydrogen) atoms. The molecule has 0 aliphatic heterocycles. The molecule has 0 radical (unpaired) electrons. The van der Waals surface area contributed by atoms with E-state index >= 15 is 0 Å². The van der Waals surface area contributed by atoms with Gasteiger partial charge in [0.15, 0.2) is 0 Å². The van der Waals surface area contributed by atoms with E-state index in [9.17, 15) is 5.11 Å². The van der Waals surface area contributed by atoms with Gasteiger partial charge in [0.2, 0.25) is 0 Å². The lowest BCUT2D eigenvalue weighted by Gasteiger charge is -2.15. The molecule has 1 rings (SSSR count). The van der Waals surface area contributed by atoms with Crippen molar-refractivity contribution >= 4 is 5.69 Å². The molecule has 0 aliphatic rings. The largest absolute Gasteiger partial charge is 0.505 e. The maximum absolute atomic E-state index is 9.56. The number of aryl methyl sites for hydroxylation is 1. The molecule has 1 aromatic carbocycles. The van der Waals surface area contributed by atoms with Crippen LogP contribution in [0.4, 0.5) is 5.69 Å². The molecule has 0 aliphatic carbocycles. The number of phenols is 1. The Morgan fingerprint density at radius 1 is 1.46 bits per heavy atom. The van der Waals surface area contributed by atoms with Crippen LogP contribution in [0.3, 0.4) is 0 Å². The first-order valence-electron chi connectivity index (χ1n) is 4.02. The van der Waals surface area contributed by atoms with Crippen LogP contribution in [-0.4, -0.2) is 16.8 Å². The van der Waals surface area contributed by atoms with Crippen molar-refractivity contribution in [2.75, 3.05) is 12.3 Å². The van der Waals surface area contributed by atoms with Crippen LogP contribution in [0.1, 0.15) is 17.2 Å². The van der Waals surface area contributed by atoms with Crippen LogP contribution < -0.4 is 11.5 Å². The van der Waals surface area contributed by atoms with Crippen LogP contribution in [0.25, 0.3) is 0 Å². The van der Waals surface area contributed by atoms with Gasteiger partial charge in [-0.25, -0.2) is 0 Å². The number of nitrogen functional groups attached to an aromatic ring is 1. The maximum Gasteiger partial charge on any atom is 0.143 e. The maximum atomic E-state index is 9.56. The van der Waals surface area contributed by atoms with Gasteiger partial charge in [0.05, 0.1) is 18.3 Å². The summed E-state index contributed by atoms with van der Waals surface area (Å²) in [4.78, 5) is 0. The zero-order chi connectivity index (χ0) is 10.0. The second-order valence-electron chi connectivity index (χ2n) is 3.02. The Balaban J connectivity index is 3.25. The number of rotatable bonds is 2. The molecule has 0 heterocycles. The van der Waals surface area contributed by atoms with Crippen LogP contribution in [-0.2, 0) is 0 Å². The summed E-state index contributed by atoms with van der Waals surface area (Å²) in [6, 6.07) is 2.79. The number of phenolic OH excluding ortho intramolecular Hbond substituents is 1. The quantitative estimate of drug-likeness (QED) is 0.390. The third kappa shape index (κ3) is 1.74. The smallest absolute Gasteiger partial charge is 0.143 e. The third-order valence-electron chi connectivity index (χ3n) is 2.03. The highest BCUT2D eigenvalue weighted by atomic mass is 16.3. The molecule has 0 unspecified atom stereocenters. The second kappa shape index (κ2) is 3.64. The summed E-state index contributed by atoms with van der Waals surface area (Å²) in [6.07, 6.45) is 0. The van der Waals surface area contributed by atoms with E-state index in [0.29, 0.717) is 5.56 Å². The van der Waals surface area contributed by atoms with Gasteiger partial charge in [-0.2, -0.15) is 0 Å². The summed E-state index contributed by atoms with van der Waals surface area (Å²) in [5.74, 6) is -0.0263. The van der Waals surface area contributed by atoms with Crippen LogP contribution >= 0.6 is 0 Å². The lowest BCUT2D eigenvalue weighted by Crippen LogP contribution is -2.16. The van der Waals surface area contributed by atoms with Crippen molar-refractivity contribution in [1.82, 2.24) is 0 Å². The van der Waals surface area contributed by atoms with E-state index in [1.54, 1.807) is 12.1 Å². The van der Waals surface area contributed by atoms with Crippen molar-refractivity contribution in [3.63, 3.8) is 0 Å². The first-order valence-corrected chi connectivity index (χ1v) is 4.02. The molecule has 72 valence electrons. The van der Waals surface area contributed by atoms with Crippen molar-refractivity contribution in [1.29, 1.82) is 0 Å². The van der Waals surface area contributed by atoms with Gasteiger partial charge in [-0.3, -0.25) is 0 Å². The van der Waals surface area contributed by atoms with Crippen LogP contribution in [0.5, 0.6) is 5.75 Å². The number of hydrogen-bond acceptors (Lipinski definition) is 4. The van der Waals surface area contributed by atoms with Gasteiger partial charge in [0.25, 0.3) is 0 Å². The van der Waals surface area contributed by atoms with E-state index in [0.717, 1.165) is 5.56 Å². The number of aliphatic hydroxyl groups excluding tert-OH is 1. The van der Waals surface area contributed by atoms with Gasteiger partial charge in [-0.15, -0.1) is 0 Å². The Kier molecular flexibility index (Phi) is 2.75. The molecule has 0 saturated carbocycles. The predicted molar refractivity (Wildman–Crippen MR) is 51.3 cm³/mol. The Bertz CT molecular complexity index is 313. The Morgan fingerprint density at radius 3 is 2.62 bits per heavy atom. The molecule has 1 atom stereocenters. The fraction of sp³-hybridized carbons (Fsp3) is 0.333. The van der Waals surface area contributed by atoms with Gasteiger partial charge < -0.3 is 21.7 Å². The summed E-state index contributed by atoms with van der Waals surface area (Å²) in [7, 11) is 0. The lowest BCUT2D eigenvalue weighted by molar-refractivity contribution is 0.265. The third-order valence-corrected chi connectivity index (χ3v) is 2.03. The highest BCUT2D eigenvalue weighted by Gasteiger charge is 2.14. The molecule has 0 saturated heterocycles. The predicted octanol–water partition coefficient (Wildman–Crippen LogP) is 0.275. The first kappa shape index (κ1) is 9.83. The molecule has 0 fully saturated rings. The molecule has 1 aromatic rings. The molecule has 6 N–H and O–H groups in total. The normalized spacial score (nSPS) is 12.8. The topological polar surface area (TPSA) is 92.5 Å². The number of anilines is 1. The van der Waals surface area contributed by atoms with Crippen molar-refractivity contribution in [2.24, 2.45) is 5.73 Å². The van der Waals surface area contributed by atoms with Crippen LogP contribution in [0.2, 0.25) is 0 Å². The highest BCUT2D eigenvalue weighted by molar-refractivity contribution is 5.59. The molecule has 4 heteroatoms. The van der Waals surface area contributed by atoms with Crippen molar-refractivity contribution in [2.45, 2.75) is 13.0 Å². The highest BCUT2D eigenvalue weighted by Crippen LogP contribution is 2.31. The van der Waals surface area contributed by atoms with Gasteiger partial charge >= 0.3 is 0 Å². The Hall–Kier alpha value is -1.26. The zero-order valence-corrected chi connectivity index (χ0v) is 7.49. The second-order valence-corrected chi connectivity index (χ2v) is 3.02. The summed E-state index contributed by atoms with van der Waals surface area (Å²) in [6.45, 7) is 1.60. The van der Waals surface area contributed by atoms with Gasteiger partial charge in [-0.1, -0.05) is 6.07 Å². The minimum Gasteiger partial charge on any atom is -0.505 e. The summed E-state index contributed by atoms with van der Waals surface area (Å²) >= 11 is 0. The fourth-order valence-corrected chi connectivity index (χ4v) is 1.29. The van der Waals surface area contributed by atoms with Gasteiger partial charge in [0.1, 0.15) is 5.75 Å². The number of hydrogen-bond donors (Lipinski definition) is 4. The number of nitrogens with two attached hydrogens (primary N) is 2. The van der Waals surface area contributed by atoms with E-state index in [-0.39, 0.29) is 18.0 Å². The molecule has 4 nitrogen and oxygen atoms in total. The molecular formula is C9H14N2O2. The summed E-state index contributed by atoms with van der Waals surface area (Å²) < 4.78 is 0. The first-order chi connectivity index (χ1) is 6.07. The molecule has 0 bridgehead atoms. The van der Waals surface area contributed by atoms with Crippen LogP contribution in [0, 0.1) is 6.92 Å². The van der Waals surface area contributed by atoms with Gasteiger partial charge in [0, 0.05) is 5.56 Å². The van der Waals surface area contributed by atoms with Crippen molar-refractivity contribution in [3.8, 4) is 5.75 Å². The number of aromatic hydroxyl groups is 1. The Morgan fingerprint density at radius 2 is 2.08 bits per heavy atom. The van der Waals surface area contributed by atoms with E-state index < -0.39 is 6.04 Å². The minimum absolute atomic E-state index is 0.0263. The summed E-state index contributed by atoms with van der Waals surface area (Å²) in [5, 5.41) is 18.4. The average Bonchev–Trinajstić information content (AvgIpc) is 2.12. The minimum atomic E-state index is -0.580. The average molecular weight is 182 g/mol. The number of benzene rings is 1. The SMILES string of the molecule is Cc1ccc(N)c(O)c1[C@@H](N)CO. The standard InChI is InChI=1S/C9H14N2O2/c1-5-2-3-6(10)9(13)8(5)7(11)4-12/h2-3,7,12-13H,4,10-11H2,1H3/t7-/m0/s1. The monoisotopic (exact) mass is 182 g/mol. The van der Waals surface area contributed by atoms with Crippen molar-refractivity contribution in [3.05, 3.63) is 23.3 Å². The summed E-state index contributed by atoms with van der Waals surface area (Å²) in [5.41, 5.74) is 12.7. The van der Waals surface area contributed by atoms with Crippen molar-refractivity contribution < 1.29 is 10.2 Å². The van der Waals surface area contributed by atoms with E-state index in [4.69, 9.17) is 16.6 Å². The molecule has 0 amide bonds. The van der Waals surface area contributed by atoms with E-state index in [1.807, 2.05) is 6.92 Å². The zero-order valence-electron chi connectivity index (χ0n) is 7.49. The van der Waals surface area contributed by atoms with Crippen LogP contribution in [0.15, 0.2) is 12.1 Å². The molecule has 0 aromatic heterocycles. The van der Waals surface area contributed by atoms with Gasteiger partial charge in [-0.05, 0) is 18.6 Å². The van der Waals surface area contributed by atoms with E-state index in [1.165, 1.54) is 0 Å². The molecular weight excluding hydrogens is 168 g/mol. The fourth-order valence-electron chi connectivity index (χ4n) is 1.29. The number of aliphatic hydroxyl groups is 1.